The smallest absolute Gasteiger partial charge is 0.238 e. The number of anilines is 2. The fraction of sp³-hybridized carbons (Fsp3) is 0.500. The molecule has 1 aromatic carbocycles. The molecule has 1 aromatic rings. The number of aryl methyl sites for hydroxylation is 1. The highest BCUT2D eigenvalue weighted by Crippen LogP contribution is 2.22. The van der Waals surface area contributed by atoms with Gasteiger partial charge in [-0.25, -0.2) is 0 Å². The van der Waals surface area contributed by atoms with E-state index in [4.69, 9.17) is 5.73 Å². The van der Waals surface area contributed by atoms with E-state index in [-0.39, 0.29) is 5.91 Å². The van der Waals surface area contributed by atoms with Gasteiger partial charge >= 0.3 is 0 Å². The number of nitrogens with zero attached hydrogens (tertiary/aromatic N) is 1. The molecule has 0 bridgehead atoms. The standard InChI is InChI=1S/C14H21N3O/c1-11-6-5-7-12(15)14(11)16-13(18)10-17-8-3-2-4-9-17/h5-7H,2-4,8-10,15H2,1H3,(H,16,18). The molecular weight excluding hydrogens is 226 g/mol. The first-order valence-electron chi connectivity index (χ1n) is 6.54. The van der Waals surface area contributed by atoms with Gasteiger partial charge in [0.05, 0.1) is 17.9 Å². The van der Waals surface area contributed by atoms with E-state index in [1.165, 1.54) is 19.3 Å². The van der Waals surface area contributed by atoms with Crippen LogP contribution in [0.15, 0.2) is 18.2 Å². The Hall–Kier alpha value is -1.55. The number of carbonyl (C=O) groups is 1. The molecule has 1 amide bonds. The highest BCUT2D eigenvalue weighted by atomic mass is 16.2. The van der Waals surface area contributed by atoms with Crippen molar-refractivity contribution in [3.8, 4) is 0 Å². The predicted molar refractivity (Wildman–Crippen MR) is 74.5 cm³/mol. The van der Waals surface area contributed by atoms with Gasteiger partial charge < -0.3 is 11.1 Å². The molecule has 0 saturated carbocycles. The third-order valence-electron chi connectivity index (χ3n) is 3.39. The number of nitrogen functional groups attached to an aromatic ring is 1. The van der Waals surface area contributed by atoms with Crippen LogP contribution in [0.5, 0.6) is 0 Å². The molecule has 1 aliphatic rings. The molecule has 1 fully saturated rings. The third kappa shape index (κ3) is 3.23. The first kappa shape index (κ1) is 12.9. The highest BCUT2D eigenvalue weighted by molar-refractivity contribution is 5.96. The highest BCUT2D eigenvalue weighted by Gasteiger charge is 2.15. The lowest BCUT2D eigenvalue weighted by molar-refractivity contribution is -0.117. The van der Waals surface area contributed by atoms with E-state index in [0.29, 0.717) is 12.2 Å². The Morgan fingerprint density at radius 2 is 2.06 bits per heavy atom. The van der Waals surface area contributed by atoms with E-state index < -0.39 is 0 Å². The molecule has 0 radical (unpaired) electrons. The van der Waals surface area contributed by atoms with E-state index in [1.807, 2.05) is 25.1 Å². The Kier molecular flexibility index (Phi) is 4.20. The number of nitrogens with two attached hydrogens (primary N) is 1. The van der Waals surface area contributed by atoms with Gasteiger partial charge in [-0.15, -0.1) is 0 Å². The number of benzene rings is 1. The van der Waals surface area contributed by atoms with Crippen molar-refractivity contribution >= 4 is 17.3 Å². The molecule has 0 aliphatic carbocycles. The average molecular weight is 247 g/mol. The van der Waals surface area contributed by atoms with Gasteiger partial charge in [-0.2, -0.15) is 0 Å². The van der Waals surface area contributed by atoms with Gasteiger partial charge in [-0.3, -0.25) is 9.69 Å². The van der Waals surface area contributed by atoms with Crippen LogP contribution in [0.1, 0.15) is 24.8 Å². The molecular formula is C14H21N3O. The van der Waals surface area contributed by atoms with E-state index in [0.717, 1.165) is 24.3 Å². The SMILES string of the molecule is Cc1cccc(N)c1NC(=O)CN1CCCCC1. The second-order valence-electron chi connectivity index (χ2n) is 4.92. The predicted octanol–water partition coefficient (Wildman–Crippen LogP) is 2.00. The van der Waals surface area contributed by atoms with E-state index in [1.54, 1.807) is 0 Å². The van der Waals surface area contributed by atoms with Gasteiger partial charge in [-0.1, -0.05) is 18.6 Å². The number of nitrogens with one attached hydrogen (secondary N) is 1. The first-order chi connectivity index (χ1) is 8.66. The molecule has 2 rings (SSSR count). The van der Waals surface area contributed by atoms with Crippen LogP contribution in [0.25, 0.3) is 0 Å². The van der Waals surface area contributed by atoms with Crippen LogP contribution in [-0.2, 0) is 4.79 Å². The summed E-state index contributed by atoms with van der Waals surface area (Å²) in [5, 5.41) is 2.92. The van der Waals surface area contributed by atoms with Crippen molar-refractivity contribution in [2.75, 3.05) is 30.7 Å². The number of piperidine rings is 1. The average Bonchev–Trinajstić information content (AvgIpc) is 2.35. The summed E-state index contributed by atoms with van der Waals surface area (Å²) in [6.45, 7) is 4.47. The Balaban J connectivity index is 1.94. The van der Waals surface area contributed by atoms with Gasteiger partial charge in [-0.05, 0) is 44.5 Å². The third-order valence-corrected chi connectivity index (χ3v) is 3.39. The largest absolute Gasteiger partial charge is 0.397 e. The maximum atomic E-state index is 12.0. The fourth-order valence-electron chi connectivity index (χ4n) is 2.36. The topological polar surface area (TPSA) is 58.4 Å². The maximum absolute atomic E-state index is 12.0. The number of rotatable bonds is 3. The molecule has 98 valence electrons. The van der Waals surface area contributed by atoms with Crippen molar-refractivity contribution in [2.24, 2.45) is 0 Å². The van der Waals surface area contributed by atoms with Crippen LogP contribution in [0.4, 0.5) is 11.4 Å². The Bertz CT molecular complexity index is 405. The zero-order valence-electron chi connectivity index (χ0n) is 10.9. The molecule has 0 spiro atoms. The van der Waals surface area contributed by atoms with Crippen LogP contribution in [0.3, 0.4) is 0 Å². The quantitative estimate of drug-likeness (QED) is 0.803. The van der Waals surface area contributed by atoms with Crippen molar-refractivity contribution in [1.29, 1.82) is 0 Å². The molecule has 4 heteroatoms. The van der Waals surface area contributed by atoms with Crippen molar-refractivity contribution < 1.29 is 4.79 Å². The molecule has 0 aromatic heterocycles. The second kappa shape index (κ2) is 5.87. The zero-order chi connectivity index (χ0) is 13.0. The Morgan fingerprint density at radius 1 is 1.33 bits per heavy atom. The lowest BCUT2D eigenvalue weighted by Gasteiger charge is -2.25. The second-order valence-corrected chi connectivity index (χ2v) is 4.92. The lowest BCUT2D eigenvalue weighted by Crippen LogP contribution is -2.37. The monoisotopic (exact) mass is 247 g/mol. The number of likely N-dealkylation sites (tertiary alicyclic amines) is 1. The number of hydrogen-bond donors (Lipinski definition) is 2. The zero-order valence-corrected chi connectivity index (χ0v) is 10.9. The summed E-state index contributed by atoms with van der Waals surface area (Å²) in [4.78, 5) is 14.2. The van der Waals surface area contributed by atoms with Crippen LogP contribution < -0.4 is 11.1 Å². The number of amides is 1. The van der Waals surface area contributed by atoms with Crippen LogP contribution in [0, 0.1) is 6.92 Å². The van der Waals surface area contributed by atoms with Crippen LogP contribution >= 0.6 is 0 Å². The summed E-state index contributed by atoms with van der Waals surface area (Å²) in [7, 11) is 0. The summed E-state index contributed by atoms with van der Waals surface area (Å²) in [5.74, 6) is 0.0258. The fourth-order valence-corrected chi connectivity index (χ4v) is 2.36. The van der Waals surface area contributed by atoms with Gasteiger partial charge in [0.25, 0.3) is 0 Å². The van der Waals surface area contributed by atoms with Gasteiger partial charge in [0.15, 0.2) is 0 Å². The van der Waals surface area contributed by atoms with Crippen molar-refractivity contribution in [3.05, 3.63) is 23.8 Å². The molecule has 0 atom stereocenters. The molecule has 1 heterocycles. The summed E-state index contributed by atoms with van der Waals surface area (Å²) in [5.41, 5.74) is 8.25. The van der Waals surface area contributed by atoms with Crippen molar-refractivity contribution in [3.63, 3.8) is 0 Å². The van der Waals surface area contributed by atoms with Crippen LogP contribution in [-0.4, -0.2) is 30.4 Å². The van der Waals surface area contributed by atoms with Gasteiger partial charge in [0.1, 0.15) is 0 Å². The van der Waals surface area contributed by atoms with Gasteiger partial charge in [0.2, 0.25) is 5.91 Å². The minimum Gasteiger partial charge on any atom is -0.397 e. The van der Waals surface area contributed by atoms with Gasteiger partial charge in [0, 0.05) is 0 Å². The van der Waals surface area contributed by atoms with Crippen molar-refractivity contribution in [1.82, 2.24) is 4.90 Å². The van der Waals surface area contributed by atoms with E-state index in [2.05, 4.69) is 10.2 Å². The maximum Gasteiger partial charge on any atom is 0.238 e. The molecule has 3 N–H and O–H groups in total. The number of para-hydroxylation sites is 1. The normalized spacial score (nSPS) is 16.5. The molecule has 0 unspecified atom stereocenters. The molecule has 1 saturated heterocycles. The Morgan fingerprint density at radius 3 is 2.72 bits per heavy atom. The molecule has 4 nitrogen and oxygen atoms in total. The van der Waals surface area contributed by atoms with E-state index in [9.17, 15) is 4.79 Å². The summed E-state index contributed by atoms with van der Waals surface area (Å²) < 4.78 is 0. The summed E-state index contributed by atoms with van der Waals surface area (Å²) in [6.07, 6.45) is 3.67. The Labute approximate surface area is 108 Å². The van der Waals surface area contributed by atoms with Crippen molar-refractivity contribution in [2.45, 2.75) is 26.2 Å². The number of hydrogen-bond acceptors (Lipinski definition) is 3. The minimum atomic E-state index is 0.0258. The lowest BCUT2D eigenvalue weighted by atomic mass is 10.1. The summed E-state index contributed by atoms with van der Waals surface area (Å²) in [6, 6.07) is 5.65. The molecule has 18 heavy (non-hydrogen) atoms. The molecule has 1 aliphatic heterocycles. The van der Waals surface area contributed by atoms with Crippen LogP contribution in [0.2, 0.25) is 0 Å². The minimum absolute atomic E-state index is 0.0258. The number of carbonyl (C=O) groups excluding carboxylic acids is 1. The summed E-state index contributed by atoms with van der Waals surface area (Å²) >= 11 is 0. The first-order valence-corrected chi connectivity index (χ1v) is 6.54. The van der Waals surface area contributed by atoms with E-state index >= 15 is 0 Å².